The van der Waals surface area contributed by atoms with E-state index in [0.29, 0.717) is 5.02 Å². The van der Waals surface area contributed by atoms with E-state index < -0.39 is 6.09 Å². The number of hydrogen-bond acceptors (Lipinski definition) is 4. The van der Waals surface area contributed by atoms with Gasteiger partial charge in [-0.05, 0) is 56.5 Å². The van der Waals surface area contributed by atoms with Crippen LogP contribution in [-0.4, -0.2) is 58.9 Å². The van der Waals surface area contributed by atoms with Crippen molar-refractivity contribution in [2.75, 3.05) is 26.7 Å². The molecule has 1 fully saturated rings. The minimum Gasteiger partial charge on any atom is -0.465 e. The van der Waals surface area contributed by atoms with E-state index in [0.717, 1.165) is 62.3 Å². The molecule has 3 rings (SSSR count). The molecular formula is C19H24ClN3O3. The summed E-state index contributed by atoms with van der Waals surface area (Å²) in [5.74, 6) is 0.759. The highest BCUT2D eigenvalue weighted by Crippen LogP contribution is 2.23. The fraction of sp³-hybridized carbons (Fsp3) is 0.474. The third kappa shape index (κ3) is 4.77. The van der Waals surface area contributed by atoms with Gasteiger partial charge in [-0.15, -0.1) is 0 Å². The Balaban J connectivity index is 1.42. The van der Waals surface area contributed by atoms with Gasteiger partial charge in [0.15, 0.2) is 5.76 Å². The van der Waals surface area contributed by atoms with Gasteiger partial charge in [0.1, 0.15) is 0 Å². The van der Waals surface area contributed by atoms with Crippen LogP contribution < -0.4 is 0 Å². The van der Waals surface area contributed by atoms with Crippen molar-refractivity contribution in [2.45, 2.75) is 31.7 Å². The third-order valence-electron chi connectivity index (χ3n) is 5.00. The first-order chi connectivity index (χ1) is 12.5. The van der Waals surface area contributed by atoms with Gasteiger partial charge in [-0.1, -0.05) is 16.8 Å². The van der Waals surface area contributed by atoms with Crippen LogP contribution in [0.5, 0.6) is 0 Å². The Hall–Kier alpha value is -2.05. The second-order valence-corrected chi connectivity index (χ2v) is 7.20. The van der Waals surface area contributed by atoms with Gasteiger partial charge < -0.3 is 19.4 Å². The largest absolute Gasteiger partial charge is 0.465 e. The molecule has 0 spiro atoms. The molecule has 0 saturated carbocycles. The van der Waals surface area contributed by atoms with E-state index in [1.807, 2.05) is 30.3 Å². The smallest absolute Gasteiger partial charge is 0.407 e. The van der Waals surface area contributed by atoms with Crippen LogP contribution in [0.1, 0.15) is 25.0 Å². The summed E-state index contributed by atoms with van der Waals surface area (Å²) >= 11 is 5.91. The molecule has 0 unspecified atom stereocenters. The molecule has 2 aromatic rings. The second-order valence-electron chi connectivity index (χ2n) is 6.76. The topological polar surface area (TPSA) is 69.8 Å². The van der Waals surface area contributed by atoms with Crippen LogP contribution in [0.25, 0.3) is 11.3 Å². The third-order valence-corrected chi connectivity index (χ3v) is 5.25. The summed E-state index contributed by atoms with van der Waals surface area (Å²) < 4.78 is 5.43. The molecule has 1 aromatic heterocycles. The lowest BCUT2D eigenvalue weighted by molar-refractivity contribution is 0.105. The van der Waals surface area contributed by atoms with Crippen molar-refractivity contribution in [3.05, 3.63) is 41.0 Å². The highest BCUT2D eigenvalue weighted by Gasteiger charge is 2.24. The molecule has 0 bridgehead atoms. The van der Waals surface area contributed by atoms with Gasteiger partial charge in [-0.3, -0.25) is 0 Å². The van der Waals surface area contributed by atoms with Gasteiger partial charge in [0, 0.05) is 42.8 Å². The predicted molar refractivity (Wildman–Crippen MR) is 101 cm³/mol. The highest BCUT2D eigenvalue weighted by molar-refractivity contribution is 6.30. The first-order valence-electron chi connectivity index (χ1n) is 8.92. The van der Waals surface area contributed by atoms with Gasteiger partial charge in [0.25, 0.3) is 0 Å². The van der Waals surface area contributed by atoms with Crippen LogP contribution in [0, 0.1) is 0 Å². The van der Waals surface area contributed by atoms with Crippen LogP contribution in [0.15, 0.2) is 34.9 Å². The summed E-state index contributed by atoms with van der Waals surface area (Å²) in [7, 11) is 1.66. The van der Waals surface area contributed by atoms with Gasteiger partial charge >= 0.3 is 6.09 Å². The number of carbonyl (C=O) groups is 1. The van der Waals surface area contributed by atoms with Crippen molar-refractivity contribution in [3.63, 3.8) is 0 Å². The Kier molecular flexibility index (Phi) is 6.16. The van der Waals surface area contributed by atoms with Crippen molar-refractivity contribution in [1.29, 1.82) is 0 Å². The molecule has 140 valence electrons. The van der Waals surface area contributed by atoms with Crippen LogP contribution in [0.2, 0.25) is 5.02 Å². The van der Waals surface area contributed by atoms with E-state index >= 15 is 0 Å². The van der Waals surface area contributed by atoms with E-state index in [-0.39, 0.29) is 6.04 Å². The minimum absolute atomic E-state index is 0.140. The number of hydrogen-bond donors (Lipinski definition) is 1. The number of nitrogens with zero attached hydrogens (tertiary/aromatic N) is 3. The van der Waals surface area contributed by atoms with E-state index in [2.05, 4.69) is 10.1 Å². The molecule has 2 heterocycles. The SMILES string of the molecule is CN(C(=O)O)C1CCN(CCCc2cc(-c3ccc(Cl)cc3)on2)CC1. The fourth-order valence-electron chi connectivity index (χ4n) is 3.35. The normalized spacial score (nSPS) is 15.9. The Labute approximate surface area is 158 Å². The van der Waals surface area contributed by atoms with E-state index in [9.17, 15) is 4.79 Å². The zero-order chi connectivity index (χ0) is 18.5. The number of aromatic nitrogens is 1. The summed E-state index contributed by atoms with van der Waals surface area (Å²) in [6.07, 6.45) is 2.82. The van der Waals surface area contributed by atoms with Crippen LogP contribution in [0.4, 0.5) is 4.79 Å². The van der Waals surface area contributed by atoms with Crippen LogP contribution in [-0.2, 0) is 6.42 Å². The maximum Gasteiger partial charge on any atom is 0.407 e. The van der Waals surface area contributed by atoms with Crippen molar-refractivity contribution in [1.82, 2.24) is 15.0 Å². The molecule has 1 amide bonds. The summed E-state index contributed by atoms with van der Waals surface area (Å²) in [5, 5.41) is 13.9. The Morgan fingerprint density at radius 3 is 2.69 bits per heavy atom. The van der Waals surface area contributed by atoms with Gasteiger partial charge in [-0.25, -0.2) is 4.79 Å². The summed E-state index contributed by atoms with van der Waals surface area (Å²) in [4.78, 5) is 14.9. The van der Waals surface area contributed by atoms with Crippen molar-refractivity contribution >= 4 is 17.7 Å². The van der Waals surface area contributed by atoms with E-state index in [1.54, 1.807) is 7.05 Å². The first-order valence-corrected chi connectivity index (χ1v) is 9.30. The zero-order valence-corrected chi connectivity index (χ0v) is 15.7. The quantitative estimate of drug-likeness (QED) is 0.823. The fourth-order valence-corrected chi connectivity index (χ4v) is 3.48. The molecule has 1 aromatic carbocycles. The number of piperidine rings is 1. The zero-order valence-electron chi connectivity index (χ0n) is 14.9. The predicted octanol–water partition coefficient (Wildman–Crippen LogP) is 4.00. The lowest BCUT2D eigenvalue weighted by Gasteiger charge is -2.35. The van der Waals surface area contributed by atoms with Crippen LogP contribution >= 0.6 is 11.6 Å². The summed E-state index contributed by atoms with van der Waals surface area (Å²) in [6, 6.07) is 9.64. The number of carboxylic acid groups (broad SMARTS) is 1. The van der Waals surface area contributed by atoms with E-state index in [4.69, 9.17) is 21.2 Å². The lowest BCUT2D eigenvalue weighted by atomic mass is 10.0. The van der Waals surface area contributed by atoms with E-state index in [1.165, 1.54) is 4.90 Å². The summed E-state index contributed by atoms with van der Waals surface area (Å²) in [6.45, 7) is 2.88. The molecule has 26 heavy (non-hydrogen) atoms. The average molecular weight is 378 g/mol. The summed E-state index contributed by atoms with van der Waals surface area (Å²) in [5.41, 5.74) is 1.92. The monoisotopic (exact) mass is 377 g/mol. The van der Waals surface area contributed by atoms with Gasteiger partial charge in [0.2, 0.25) is 0 Å². The molecule has 1 aliphatic rings. The molecule has 0 radical (unpaired) electrons. The maximum atomic E-state index is 11.0. The molecule has 1 aliphatic heterocycles. The molecule has 6 nitrogen and oxygen atoms in total. The number of likely N-dealkylation sites (tertiary alicyclic amines) is 1. The molecule has 1 N–H and O–H groups in total. The molecule has 0 aliphatic carbocycles. The number of benzene rings is 1. The Morgan fingerprint density at radius 2 is 2.04 bits per heavy atom. The standard InChI is InChI=1S/C19H24ClN3O3/c1-22(19(24)25)17-8-11-23(12-9-17)10-2-3-16-13-18(26-21-16)14-4-6-15(20)7-5-14/h4-7,13,17H,2-3,8-12H2,1H3,(H,24,25). The van der Waals surface area contributed by atoms with Gasteiger partial charge in [-0.2, -0.15) is 0 Å². The Morgan fingerprint density at radius 1 is 1.35 bits per heavy atom. The first kappa shape index (κ1) is 18.7. The number of halogens is 1. The highest BCUT2D eigenvalue weighted by atomic mass is 35.5. The second kappa shape index (κ2) is 8.56. The number of aryl methyl sites for hydroxylation is 1. The number of rotatable bonds is 6. The lowest BCUT2D eigenvalue weighted by Crippen LogP contribution is -2.45. The van der Waals surface area contributed by atoms with Crippen molar-refractivity contribution < 1.29 is 14.4 Å². The molecule has 1 saturated heterocycles. The maximum absolute atomic E-state index is 11.0. The number of amides is 1. The van der Waals surface area contributed by atoms with Crippen molar-refractivity contribution in [3.8, 4) is 11.3 Å². The average Bonchev–Trinajstić information content (AvgIpc) is 3.11. The van der Waals surface area contributed by atoms with Crippen LogP contribution in [0.3, 0.4) is 0 Å². The molecule has 7 heteroatoms. The minimum atomic E-state index is -0.842. The molecular weight excluding hydrogens is 354 g/mol. The van der Waals surface area contributed by atoms with Crippen molar-refractivity contribution in [2.24, 2.45) is 0 Å². The molecule has 0 atom stereocenters. The Bertz CT molecular complexity index is 724. The van der Waals surface area contributed by atoms with Gasteiger partial charge in [0.05, 0.1) is 5.69 Å².